The molecule has 0 aliphatic rings. The van der Waals surface area contributed by atoms with E-state index in [0.717, 1.165) is 44.8 Å². The summed E-state index contributed by atoms with van der Waals surface area (Å²) in [5.41, 5.74) is 4.24. The second-order valence-electron chi connectivity index (χ2n) is 6.86. The molecule has 3 aromatic carbocycles. The van der Waals surface area contributed by atoms with Gasteiger partial charge in [0.1, 0.15) is 11.6 Å². The lowest BCUT2D eigenvalue weighted by atomic mass is 10.1. The Morgan fingerprint density at radius 1 is 0.857 bits per heavy atom. The first-order chi connectivity index (χ1) is 13.7. The maximum absolute atomic E-state index is 5.36. The topological polar surface area (TPSA) is 39.9 Å². The summed E-state index contributed by atoms with van der Waals surface area (Å²) in [6, 6.07) is 24.6. The SMILES string of the molecule is COc1ccc2c(ccn2-c2nc(-c3ccc(C)cc3)nc3ccccc23)c1. The van der Waals surface area contributed by atoms with Crippen LogP contribution in [0.4, 0.5) is 0 Å². The molecular weight excluding hydrogens is 346 g/mol. The number of benzene rings is 3. The Kier molecular flexibility index (Phi) is 3.83. The minimum absolute atomic E-state index is 0.726. The van der Waals surface area contributed by atoms with Crippen molar-refractivity contribution >= 4 is 21.8 Å². The number of nitrogens with zero attached hydrogens (tertiary/aromatic N) is 3. The van der Waals surface area contributed by atoms with Crippen molar-refractivity contribution in [2.45, 2.75) is 6.92 Å². The van der Waals surface area contributed by atoms with E-state index in [0.29, 0.717) is 0 Å². The Balaban J connectivity index is 1.78. The van der Waals surface area contributed by atoms with Gasteiger partial charge in [-0.05, 0) is 43.3 Å². The number of ether oxygens (including phenoxy) is 1. The molecule has 5 rings (SSSR count). The third kappa shape index (κ3) is 2.70. The van der Waals surface area contributed by atoms with Crippen LogP contribution in [-0.2, 0) is 0 Å². The van der Waals surface area contributed by atoms with Gasteiger partial charge in [-0.2, -0.15) is 0 Å². The van der Waals surface area contributed by atoms with Gasteiger partial charge in [0.05, 0.1) is 18.1 Å². The summed E-state index contributed by atoms with van der Waals surface area (Å²) in [5.74, 6) is 2.45. The number of hydrogen-bond acceptors (Lipinski definition) is 3. The van der Waals surface area contributed by atoms with Crippen molar-refractivity contribution in [2.24, 2.45) is 0 Å². The number of aromatic nitrogens is 3. The first-order valence-corrected chi connectivity index (χ1v) is 9.22. The molecule has 136 valence electrons. The van der Waals surface area contributed by atoms with Crippen LogP contribution in [0.2, 0.25) is 0 Å². The lowest BCUT2D eigenvalue weighted by Gasteiger charge is -2.11. The van der Waals surface area contributed by atoms with Crippen molar-refractivity contribution in [1.29, 1.82) is 0 Å². The number of hydrogen-bond donors (Lipinski definition) is 0. The summed E-state index contributed by atoms with van der Waals surface area (Å²) in [4.78, 5) is 9.77. The van der Waals surface area contributed by atoms with E-state index in [-0.39, 0.29) is 0 Å². The number of aryl methyl sites for hydroxylation is 1. The summed E-state index contributed by atoms with van der Waals surface area (Å²) in [7, 11) is 1.68. The van der Waals surface area contributed by atoms with Gasteiger partial charge < -0.3 is 9.30 Å². The van der Waals surface area contributed by atoms with Gasteiger partial charge in [0.15, 0.2) is 5.82 Å². The normalized spacial score (nSPS) is 11.2. The number of fused-ring (bicyclic) bond motifs is 2. The molecule has 0 atom stereocenters. The van der Waals surface area contributed by atoms with Crippen LogP contribution >= 0.6 is 0 Å². The summed E-state index contributed by atoms with van der Waals surface area (Å²) >= 11 is 0. The molecule has 0 saturated heterocycles. The molecule has 0 saturated carbocycles. The predicted octanol–water partition coefficient (Wildman–Crippen LogP) is 5.56. The van der Waals surface area contributed by atoms with Crippen molar-refractivity contribution in [1.82, 2.24) is 14.5 Å². The van der Waals surface area contributed by atoms with Crippen LogP contribution in [-0.4, -0.2) is 21.6 Å². The highest BCUT2D eigenvalue weighted by Gasteiger charge is 2.13. The van der Waals surface area contributed by atoms with Gasteiger partial charge >= 0.3 is 0 Å². The molecule has 0 radical (unpaired) electrons. The van der Waals surface area contributed by atoms with Gasteiger partial charge in [-0.15, -0.1) is 0 Å². The summed E-state index contributed by atoms with van der Waals surface area (Å²) in [6.07, 6.45) is 2.05. The van der Waals surface area contributed by atoms with E-state index in [1.54, 1.807) is 7.11 Å². The second-order valence-corrected chi connectivity index (χ2v) is 6.86. The lowest BCUT2D eigenvalue weighted by molar-refractivity contribution is 0.415. The van der Waals surface area contributed by atoms with Gasteiger partial charge in [-0.25, -0.2) is 9.97 Å². The average Bonchev–Trinajstić information content (AvgIpc) is 3.16. The lowest BCUT2D eigenvalue weighted by Crippen LogP contribution is -2.01. The van der Waals surface area contributed by atoms with Crippen molar-refractivity contribution in [3.8, 4) is 23.0 Å². The Hall–Kier alpha value is -3.66. The largest absolute Gasteiger partial charge is 0.497 e. The second kappa shape index (κ2) is 6.50. The number of methoxy groups -OCH3 is 1. The Labute approximate surface area is 163 Å². The molecule has 0 spiro atoms. The standard InChI is InChI=1S/C24H19N3O/c1-16-7-9-17(10-8-16)23-25-21-6-4-3-5-20(21)24(26-23)27-14-13-18-15-19(28-2)11-12-22(18)27/h3-15H,1-2H3. The third-order valence-electron chi connectivity index (χ3n) is 5.02. The third-order valence-corrected chi connectivity index (χ3v) is 5.02. The summed E-state index contributed by atoms with van der Waals surface area (Å²) in [5, 5.41) is 2.13. The highest BCUT2D eigenvalue weighted by atomic mass is 16.5. The van der Waals surface area contributed by atoms with E-state index < -0.39 is 0 Å². The van der Waals surface area contributed by atoms with Gasteiger partial charge in [-0.1, -0.05) is 42.0 Å². The van der Waals surface area contributed by atoms with Crippen molar-refractivity contribution in [3.05, 3.63) is 84.6 Å². The predicted molar refractivity (Wildman–Crippen MR) is 113 cm³/mol. The van der Waals surface area contributed by atoms with E-state index in [9.17, 15) is 0 Å². The van der Waals surface area contributed by atoms with Gasteiger partial charge in [-0.3, -0.25) is 0 Å². The van der Waals surface area contributed by atoms with Crippen molar-refractivity contribution in [2.75, 3.05) is 7.11 Å². The zero-order valence-electron chi connectivity index (χ0n) is 15.8. The summed E-state index contributed by atoms with van der Waals surface area (Å²) in [6.45, 7) is 2.08. The maximum Gasteiger partial charge on any atom is 0.162 e. The number of rotatable bonds is 3. The molecule has 4 heteroatoms. The maximum atomic E-state index is 5.36. The Bertz CT molecular complexity index is 1300. The van der Waals surface area contributed by atoms with Crippen molar-refractivity contribution < 1.29 is 4.74 Å². The molecule has 0 N–H and O–H groups in total. The fraction of sp³-hybridized carbons (Fsp3) is 0.0833. The van der Waals surface area contributed by atoms with Gasteiger partial charge in [0.2, 0.25) is 0 Å². The first-order valence-electron chi connectivity index (χ1n) is 9.22. The van der Waals surface area contributed by atoms with Gasteiger partial charge in [0.25, 0.3) is 0 Å². The molecule has 0 fully saturated rings. The van der Waals surface area contributed by atoms with Crippen LogP contribution in [0.5, 0.6) is 5.75 Å². The van der Waals surface area contributed by atoms with E-state index in [2.05, 4.69) is 60.2 Å². The van der Waals surface area contributed by atoms with E-state index in [1.807, 2.05) is 30.3 Å². The molecule has 2 aromatic heterocycles. The van der Waals surface area contributed by atoms with E-state index in [1.165, 1.54) is 5.56 Å². The molecule has 0 aliphatic carbocycles. The highest BCUT2D eigenvalue weighted by Crippen LogP contribution is 2.29. The van der Waals surface area contributed by atoms with E-state index in [4.69, 9.17) is 14.7 Å². The molecule has 28 heavy (non-hydrogen) atoms. The minimum atomic E-state index is 0.726. The molecule has 4 nitrogen and oxygen atoms in total. The fourth-order valence-electron chi connectivity index (χ4n) is 3.51. The molecule has 0 bridgehead atoms. The average molecular weight is 365 g/mol. The van der Waals surface area contributed by atoms with Crippen LogP contribution < -0.4 is 4.74 Å². The van der Waals surface area contributed by atoms with Crippen LogP contribution in [0.25, 0.3) is 39.0 Å². The zero-order valence-corrected chi connectivity index (χ0v) is 15.8. The van der Waals surface area contributed by atoms with Gasteiger partial charge in [0, 0.05) is 22.5 Å². The smallest absolute Gasteiger partial charge is 0.162 e. The molecule has 0 amide bonds. The monoisotopic (exact) mass is 365 g/mol. The summed E-state index contributed by atoms with van der Waals surface area (Å²) < 4.78 is 7.48. The molecule has 0 unspecified atom stereocenters. The van der Waals surface area contributed by atoms with Crippen LogP contribution in [0, 0.1) is 6.92 Å². The quantitative estimate of drug-likeness (QED) is 0.420. The van der Waals surface area contributed by atoms with Crippen LogP contribution in [0.1, 0.15) is 5.56 Å². The van der Waals surface area contributed by atoms with Crippen LogP contribution in [0.15, 0.2) is 79.0 Å². The zero-order chi connectivity index (χ0) is 19.1. The molecule has 2 heterocycles. The molecule has 5 aromatic rings. The molecular formula is C24H19N3O. The molecule has 0 aliphatic heterocycles. The minimum Gasteiger partial charge on any atom is -0.497 e. The Morgan fingerprint density at radius 2 is 1.68 bits per heavy atom. The van der Waals surface area contributed by atoms with Crippen LogP contribution in [0.3, 0.4) is 0 Å². The van der Waals surface area contributed by atoms with Crippen molar-refractivity contribution in [3.63, 3.8) is 0 Å². The Morgan fingerprint density at radius 3 is 2.50 bits per heavy atom. The first kappa shape index (κ1) is 16.5. The highest BCUT2D eigenvalue weighted by molar-refractivity contribution is 5.91. The fourth-order valence-corrected chi connectivity index (χ4v) is 3.51. The van der Waals surface area contributed by atoms with E-state index >= 15 is 0 Å². The number of para-hydroxylation sites is 1.